The summed E-state index contributed by atoms with van der Waals surface area (Å²) in [6.07, 6.45) is 0.562. The van der Waals surface area contributed by atoms with E-state index in [2.05, 4.69) is 21.6 Å². The molecular formula is C8H14N4O. The van der Waals surface area contributed by atoms with Crippen molar-refractivity contribution in [3.8, 4) is 6.07 Å². The molecule has 72 valence electrons. The van der Waals surface area contributed by atoms with Gasteiger partial charge in [0, 0.05) is 33.1 Å². The lowest BCUT2D eigenvalue weighted by Crippen LogP contribution is -2.60. The first-order valence-corrected chi connectivity index (χ1v) is 4.34. The fourth-order valence-electron chi connectivity index (χ4n) is 1.31. The quantitative estimate of drug-likeness (QED) is 0.619. The molecule has 1 aliphatic rings. The highest BCUT2D eigenvalue weighted by atomic mass is 16.2. The Hall–Kier alpha value is -1.28. The van der Waals surface area contributed by atoms with E-state index in [-0.39, 0.29) is 12.1 Å². The first kappa shape index (κ1) is 9.81. The number of rotatable bonds is 3. The molecule has 0 unspecified atom stereocenters. The monoisotopic (exact) mass is 182 g/mol. The van der Waals surface area contributed by atoms with Gasteiger partial charge in [0.1, 0.15) is 0 Å². The number of hydrogen-bond donors (Lipinski definition) is 2. The van der Waals surface area contributed by atoms with Crippen molar-refractivity contribution in [1.82, 2.24) is 15.5 Å². The minimum Gasteiger partial charge on any atom is -0.341 e. The standard InChI is InChI=1S/C8H14N4O/c1-10-8(13)11-7-5-12(6-7)4-2-3-9/h7H,2,4-6H2,1H3,(H2,10,11,13). The first-order valence-electron chi connectivity index (χ1n) is 4.34. The minimum absolute atomic E-state index is 0.134. The van der Waals surface area contributed by atoms with E-state index in [0.29, 0.717) is 6.42 Å². The van der Waals surface area contributed by atoms with Crippen LogP contribution in [0.1, 0.15) is 6.42 Å². The van der Waals surface area contributed by atoms with Gasteiger partial charge in [-0.1, -0.05) is 0 Å². The Bertz CT molecular complexity index is 217. The van der Waals surface area contributed by atoms with Gasteiger partial charge in [-0.3, -0.25) is 4.90 Å². The first-order chi connectivity index (χ1) is 6.26. The van der Waals surface area contributed by atoms with E-state index in [1.807, 2.05) is 0 Å². The van der Waals surface area contributed by atoms with Crippen LogP contribution < -0.4 is 10.6 Å². The van der Waals surface area contributed by atoms with Gasteiger partial charge in [0.05, 0.1) is 12.1 Å². The van der Waals surface area contributed by atoms with Crippen molar-refractivity contribution < 1.29 is 4.79 Å². The summed E-state index contributed by atoms with van der Waals surface area (Å²) < 4.78 is 0. The third-order valence-corrected chi connectivity index (χ3v) is 2.06. The molecule has 0 aromatic rings. The van der Waals surface area contributed by atoms with Crippen LogP contribution >= 0.6 is 0 Å². The van der Waals surface area contributed by atoms with E-state index in [1.165, 1.54) is 0 Å². The molecule has 0 bridgehead atoms. The Balaban J connectivity index is 2.05. The molecule has 0 radical (unpaired) electrons. The summed E-state index contributed by atoms with van der Waals surface area (Å²) in [5.41, 5.74) is 0. The second kappa shape index (κ2) is 4.67. The van der Waals surface area contributed by atoms with E-state index in [9.17, 15) is 4.79 Å². The molecule has 0 aromatic heterocycles. The van der Waals surface area contributed by atoms with E-state index < -0.39 is 0 Å². The molecule has 1 heterocycles. The van der Waals surface area contributed by atoms with Crippen molar-refractivity contribution >= 4 is 6.03 Å². The summed E-state index contributed by atoms with van der Waals surface area (Å²) in [4.78, 5) is 13.0. The fourth-order valence-corrected chi connectivity index (χ4v) is 1.31. The summed E-state index contributed by atoms with van der Waals surface area (Å²) in [7, 11) is 1.60. The molecule has 0 atom stereocenters. The van der Waals surface area contributed by atoms with Gasteiger partial charge in [-0.2, -0.15) is 5.26 Å². The highest BCUT2D eigenvalue weighted by molar-refractivity contribution is 5.73. The number of nitrogens with zero attached hydrogens (tertiary/aromatic N) is 2. The van der Waals surface area contributed by atoms with Gasteiger partial charge in [-0.25, -0.2) is 4.79 Å². The Kier molecular flexibility index (Phi) is 3.53. The van der Waals surface area contributed by atoms with Crippen LogP contribution in [0.2, 0.25) is 0 Å². The maximum Gasteiger partial charge on any atom is 0.314 e. The number of likely N-dealkylation sites (tertiary alicyclic amines) is 1. The van der Waals surface area contributed by atoms with Gasteiger partial charge in [0.25, 0.3) is 0 Å². The Morgan fingerprint density at radius 3 is 2.92 bits per heavy atom. The lowest BCUT2D eigenvalue weighted by atomic mass is 10.1. The molecule has 0 aliphatic carbocycles. The van der Waals surface area contributed by atoms with Gasteiger partial charge in [-0.05, 0) is 0 Å². The molecule has 0 aromatic carbocycles. The highest BCUT2D eigenvalue weighted by Gasteiger charge is 2.26. The SMILES string of the molecule is CNC(=O)NC1CN(CCC#N)C1. The molecule has 1 rings (SSSR count). The lowest BCUT2D eigenvalue weighted by molar-refractivity contribution is 0.133. The largest absolute Gasteiger partial charge is 0.341 e. The lowest BCUT2D eigenvalue weighted by Gasteiger charge is -2.38. The zero-order chi connectivity index (χ0) is 9.68. The summed E-state index contributed by atoms with van der Waals surface area (Å²) in [6, 6.07) is 2.21. The normalized spacial score (nSPS) is 17.2. The molecule has 0 spiro atoms. The van der Waals surface area contributed by atoms with Crippen molar-refractivity contribution in [3.63, 3.8) is 0 Å². The molecule has 1 saturated heterocycles. The maximum atomic E-state index is 10.8. The zero-order valence-corrected chi connectivity index (χ0v) is 7.71. The van der Waals surface area contributed by atoms with E-state index in [4.69, 9.17) is 5.26 Å². The topological polar surface area (TPSA) is 68.2 Å². The van der Waals surface area contributed by atoms with Gasteiger partial charge in [0.15, 0.2) is 0 Å². The average Bonchev–Trinajstić information content (AvgIpc) is 2.08. The predicted octanol–water partition coefficient (Wildman–Crippen LogP) is -0.487. The molecule has 1 aliphatic heterocycles. The number of nitriles is 1. The molecule has 2 N–H and O–H groups in total. The Morgan fingerprint density at radius 1 is 1.69 bits per heavy atom. The minimum atomic E-state index is -0.134. The molecule has 0 saturated carbocycles. The van der Waals surface area contributed by atoms with Crippen molar-refractivity contribution in [2.75, 3.05) is 26.7 Å². The van der Waals surface area contributed by atoms with Crippen molar-refractivity contribution in [2.45, 2.75) is 12.5 Å². The van der Waals surface area contributed by atoms with E-state index in [0.717, 1.165) is 19.6 Å². The van der Waals surface area contributed by atoms with E-state index in [1.54, 1.807) is 7.05 Å². The fraction of sp³-hybridized carbons (Fsp3) is 0.750. The summed E-state index contributed by atoms with van der Waals surface area (Å²) >= 11 is 0. The number of hydrogen-bond acceptors (Lipinski definition) is 3. The number of nitrogens with one attached hydrogen (secondary N) is 2. The maximum absolute atomic E-state index is 10.8. The third-order valence-electron chi connectivity index (χ3n) is 2.06. The van der Waals surface area contributed by atoms with Crippen LogP contribution in [0.25, 0.3) is 0 Å². The van der Waals surface area contributed by atoms with E-state index >= 15 is 0 Å². The van der Waals surface area contributed by atoms with Crippen molar-refractivity contribution in [1.29, 1.82) is 5.26 Å². The van der Waals surface area contributed by atoms with Crippen LogP contribution in [0.3, 0.4) is 0 Å². The molecule has 2 amide bonds. The molecule has 5 nitrogen and oxygen atoms in total. The van der Waals surface area contributed by atoms with Gasteiger partial charge in [-0.15, -0.1) is 0 Å². The van der Waals surface area contributed by atoms with Gasteiger partial charge in [0.2, 0.25) is 0 Å². The summed E-state index contributed by atoms with van der Waals surface area (Å²) in [5.74, 6) is 0. The predicted molar refractivity (Wildman–Crippen MR) is 48.0 cm³/mol. The molecule has 13 heavy (non-hydrogen) atoms. The molecule has 5 heteroatoms. The number of amides is 2. The van der Waals surface area contributed by atoms with Crippen molar-refractivity contribution in [2.24, 2.45) is 0 Å². The second-order valence-corrected chi connectivity index (χ2v) is 3.09. The third kappa shape index (κ3) is 2.92. The van der Waals surface area contributed by atoms with Gasteiger partial charge >= 0.3 is 6.03 Å². The summed E-state index contributed by atoms with van der Waals surface area (Å²) in [6.45, 7) is 2.52. The molecule has 1 fully saturated rings. The van der Waals surface area contributed by atoms with Crippen LogP contribution in [0.5, 0.6) is 0 Å². The Morgan fingerprint density at radius 2 is 2.38 bits per heavy atom. The van der Waals surface area contributed by atoms with Crippen LogP contribution in [0.15, 0.2) is 0 Å². The number of carbonyl (C=O) groups excluding carboxylic acids is 1. The van der Waals surface area contributed by atoms with Crippen LogP contribution in [-0.4, -0.2) is 43.7 Å². The van der Waals surface area contributed by atoms with Crippen molar-refractivity contribution in [3.05, 3.63) is 0 Å². The van der Waals surface area contributed by atoms with Crippen LogP contribution in [0, 0.1) is 11.3 Å². The summed E-state index contributed by atoms with van der Waals surface area (Å²) in [5, 5.41) is 13.6. The molecular weight excluding hydrogens is 168 g/mol. The Labute approximate surface area is 77.7 Å². The van der Waals surface area contributed by atoms with Gasteiger partial charge < -0.3 is 10.6 Å². The number of urea groups is 1. The second-order valence-electron chi connectivity index (χ2n) is 3.09. The average molecular weight is 182 g/mol. The zero-order valence-electron chi connectivity index (χ0n) is 7.71. The highest BCUT2D eigenvalue weighted by Crippen LogP contribution is 2.07. The van der Waals surface area contributed by atoms with Crippen LogP contribution in [0.4, 0.5) is 4.79 Å². The number of carbonyl (C=O) groups is 1. The smallest absolute Gasteiger partial charge is 0.314 e. The van der Waals surface area contributed by atoms with Crippen LogP contribution in [-0.2, 0) is 0 Å².